The number of rotatable bonds is 11. The quantitative estimate of drug-likeness (QED) is 0.249. The molecule has 0 bridgehead atoms. The van der Waals surface area contributed by atoms with Gasteiger partial charge in [0.25, 0.3) is 0 Å². The first kappa shape index (κ1) is 25.9. The van der Waals surface area contributed by atoms with Gasteiger partial charge in [-0.2, -0.15) is 0 Å². The lowest BCUT2D eigenvalue weighted by atomic mass is 9.93. The first-order valence-corrected chi connectivity index (χ1v) is 13.2. The lowest BCUT2D eigenvalue weighted by molar-refractivity contribution is -0.698. The second-order valence-corrected chi connectivity index (χ2v) is 9.73. The second kappa shape index (κ2) is 14.5. The first-order valence-electron chi connectivity index (χ1n) is 13.2. The molecule has 2 aliphatic carbocycles. The van der Waals surface area contributed by atoms with Gasteiger partial charge in [0, 0.05) is 36.1 Å². The highest BCUT2D eigenvalue weighted by Crippen LogP contribution is 2.19. The Morgan fingerprint density at radius 2 is 1.00 bits per heavy atom. The van der Waals surface area contributed by atoms with Gasteiger partial charge >= 0.3 is 0 Å². The molecule has 2 aromatic rings. The molecule has 3 heteroatoms. The summed E-state index contributed by atoms with van der Waals surface area (Å²) in [6.45, 7) is 2.30. The van der Waals surface area contributed by atoms with E-state index < -0.39 is 0 Å². The number of halogens is 1. The molecule has 0 saturated heterocycles. The van der Waals surface area contributed by atoms with Crippen molar-refractivity contribution in [2.24, 2.45) is 0 Å². The Balaban J connectivity index is 0.00000306. The van der Waals surface area contributed by atoms with Crippen molar-refractivity contribution in [3.8, 4) is 0 Å². The van der Waals surface area contributed by atoms with E-state index in [9.17, 15) is 0 Å². The highest BCUT2D eigenvalue weighted by Gasteiger charge is 2.14. The molecule has 0 atom stereocenters. The predicted octanol–water partition coefficient (Wildman–Crippen LogP) is 3.18. The molecule has 178 valence electrons. The topological polar surface area (TPSA) is 7.76 Å². The third kappa shape index (κ3) is 8.52. The fraction of sp³-hybridized carbons (Fsp3) is 0.533. The zero-order chi connectivity index (χ0) is 21.8. The van der Waals surface area contributed by atoms with Crippen molar-refractivity contribution >= 4 is 0 Å². The second-order valence-electron chi connectivity index (χ2n) is 9.73. The van der Waals surface area contributed by atoms with E-state index in [2.05, 4.69) is 70.4 Å². The van der Waals surface area contributed by atoms with Crippen LogP contribution in [0.4, 0.5) is 0 Å². The van der Waals surface area contributed by atoms with Crippen molar-refractivity contribution in [1.29, 1.82) is 0 Å². The molecule has 0 amide bonds. The molecule has 0 radical (unpaired) electrons. The fourth-order valence-electron chi connectivity index (χ4n) is 5.18. The van der Waals surface area contributed by atoms with Crippen molar-refractivity contribution < 1.29 is 26.1 Å². The molecular weight excluding hydrogens is 468 g/mol. The number of fused-ring (bicyclic) bond motifs is 2. The number of aryl methyl sites for hydroxylation is 6. The molecule has 0 fully saturated rings. The van der Waals surface area contributed by atoms with Crippen molar-refractivity contribution in [1.82, 2.24) is 0 Å². The SMILES string of the molecule is C(/C=C\CCCC[n+]1ccc2c(c1)CCCC2)=C/CCCC[n+]1ccc2c(c1)CCCC2.[Br-]. The van der Waals surface area contributed by atoms with Crippen molar-refractivity contribution in [3.05, 3.63) is 83.5 Å². The largest absolute Gasteiger partial charge is 1.00 e. The monoisotopic (exact) mass is 509 g/mol. The summed E-state index contributed by atoms with van der Waals surface area (Å²) < 4.78 is 4.80. The summed E-state index contributed by atoms with van der Waals surface area (Å²) in [6, 6.07) is 4.70. The van der Waals surface area contributed by atoms with Crippen LogP contribution in [0.15, 0.2) is 61.2 Å². The minimum atomic E-state index is 0. The van der Waals surface area contributed by atoms with Crippen LogP contribution in [0.25, 0.3) is 0 Å². The summed E-state index contributed by atoms with van der Waals surface area (Å²) in [5, 5.41) is 0. The maximum Gasteiger partial charge on any atom is 0.172 e. The minimum absolute atomic E-state index is 0. The van der Waals surface area contributed by atoms with Gasteiger partial charge in [-0.25, -0.2) is 9.13 Å². The van der Waals surface area contributed by atoms with Crippen LogP contribution in [0.5, 0.6) is 0 Å². The van der Waals surface area contributed by atoms with Crippen LogP contribution in [-0.2, 0) is 38.8 Å². The molecule has 2 aromatic heterocycles. The lowest BCUT2D eigenvalue weighted by Gasteiger charge is -2.13. The molecule has 0 aliphatic heterocycles. The molecular formula is C30H42BrN2+. The van der Waals surface area contributed by atoms with Crippen LogP contribution in [0.1, 0.15) is 86.5 Å². The minimum Gasteiger partial charge on any atom is -1.00 e. The number of unbranched alkanes of at least 4 members (excludes halogenated alkanes) is 4. The maximum absolute atomic E-state index is 2.40. The van der Waals surface area contributed by atoms with Gasteiger partial charge in [0.05, 0.1) is 0 Å². The Kier molecular flexibility index (Phi) is 11.4. The smallest absolute Gasteiger partial charge is 0.172 e. The average molecular weight is 511 g/mol. The fourth-order valence-corrected chi connectivity index (χ4v) is 5.18. The Morgan fingerprint density at radius 1 is 0.576 bits per heavy atom. The zero-order valence-electron chi connectivity index (χ0n) is 20.4. The summed E-state index contributed by atoms with van der Waals surface area (Å²) >= 11 is 0. The molecule has 4 rings (SSSR count). The lowest BCUT2D eigenvalue weighted by Crippen LogP contribution is -3.00. The number of allylic oxidation sites excluding steroid dienone is 4. The predicted molar refractivity (Wildman–Crippen MR) is 133 cm³/mol. The molecule has 33 heavy (non-hydrogen) atoms. The molecule has 0 saturated carbocycles. The van der Waals surface area contributed by atoms with Gasteiger partial charge in [0.1, 0.15) is 13.1 Å². The first-order chi connectivity index (χ1) is 15.9. The molecule has 0 spiro atoms. The van der Waals surface area contributed by atoms with E-state index in [-0.39, 0.29) is 17.0 Å². The number of aromatic nitrogens is 2. The number of hydrogen-bond acceptors (Lipinski definition) is 0. The highest BCUT2D eigenvalue weighted by molar-refractivity contribution is 5.24. The Hall–Kier alpha value is -1.74. The molecule has 2 heterocycles. The van der Waals surface area contributed by atoms with Crippen LogP contribution in [-0.4, -0.2) is 0 Å². The third-order valence-electron chi connectivity index (χ3n) is 7.14. The van der Waals surface area contributed by atoms with Gasteiger partial charge in [-0.3, -0.25) is 0 Å². The molecule has 0 aromatic carbocycles. The van der Waals surface area contributed by atoms with E-state index in [1.807, 2.05) is 0 Å². The molecule has 2 nitrogen and oxygen atoms in total. The van der Waals surface area contributed by atoms with Crippen LogP contribution >= 0.6 is 0 Å². The van der Waals surface area contributed by atoms with Crippen LogP contribution < -0.4 is 26.1 Å². The van der Waals surface area contributed by atoms with E-state index in [0.29, 0.717) is 0 Å². The third-order valence-corrected chi connectivity index (χ3v) is 7.14. The Morgan fingerprint density at radius 3 is 1.45 bits per heavy atom. The van der Waals surface area contributed by atoms with Crippen LogP contribution in [0.2, 0.25) is 0 Å². The number of nitrogens with zero attached hydrogens (tertiary/aromatic N) is 2. The van der Waals surface area contributed by atoms with E-state index in [1.54, 1.807) is 22.3 Å². The van der Waals surface area contributed by atoms with E-state index in [4.69, 9.17) is 0 Å². The van der Waals surface area contributed by atoms with Gasteiger partial charge in [-0.05, 0) is 88.2 Å². The summed E-state index contributed by atoms with van der Waals surface area (Å²) in [4.78, 5) is 0. The van der Waals surface area contributed by atoms with E-state index >= 15 is 0 Å². The van der Waals surface area contributed by atoms with Gasteiger partial charge in [0.15, 0.2) is 24.8 Å². The van der Waals surface area contributed by atoms with Crippen molar-refractivity contribution in [2.45, 2.75) is 103 Å². The normalized spacial score (nSPS) is 15.4. The van der Waals surface area contributed by atoms with E-state index in [1.165, 1.54) is 89.9 Å². The van der Waals surface area contributed by atoms with Gasteiger partial charge in [-0.15, -0.1) is 0 Å². The summed E-state index contributed by atoms with van der Waals surface area (Å²) in [7, 11) is 0. The summed E-state index contributed by atoms with van der Waals surface area (Å²) in [5.41, 5.74) is 6.34. The summed E-state index contributed by atoms with van der Waals surface area (Å²) in [5.74, 6) is 0. The molecule has 0 unspecified atom stereocenters. The van der Waals surface area contributed by atoms with Crippen LogP contribution in [0.3, 0.4) is 0 Å². The van der Waals surface area contributed by atoms with Crippen LogP contribution in [0, 0.1) is 0 Å². The van der Waals surface area contributed by atoms with Gasteiger partial charge < -0.3 is 17.0 Å². The maximum atomic E-state index is 2.40. The van der Waals surface area contributed by atoms with Crippen molar-refractivity contribution in [2.75, 3.05) is 0 Å². The van der Waals surface area contributed by atoms with Gasteiger partial charge in [-0.1, -0.05) is 24.3 Å². The number of pyridine rings is 2. The highest BCUT2D eigenvalue weighted by atomic mass is 79.9. The van der Waals surface area contributed by atoms with Gasteiger partial charge in [0.2, 0.25) is 0 Å². The summed E-state index contributed by atoms with van der Waals surface area (Å²) in [6.07, 6.45) is 36.5. The standard InChI is InChI=1S/C30H42N2.BrH/c1(3-5-7-13-21-31-23-19-27-15-9-11-17-29(27)25-31)2-4-6-8-14-22-32-24-20-28-16-10-12-18-30(28)26-32;/h1-4,19-20,23-26H,5-18,21-22H2;1H/q+2;/p-1/b3-1-,4-2-;. The molecule has 0 N–H and O–H groups in total. The Labute approximate surface area is 212 Å². The van der Waals surface area contributed by atoms with Crippen molar-refractivity contribution in [3.63, 3.8) is 0 Å². The Bertz CT molecular complexity index is 840. The number of hydrogen-bond donors (Lipinski definition) is 0. The average Bonchev–Trinajstić information content (AvgIpc) is 2.84. The zero-order valence-corrected chi connectivity index (χ0v) is 21.9. The molecule has 2 aliphatic rings. The van der Waals surface area contributed by atoms with E-state index in [0.717, 1.165) is 13.1 Å².